The molecular formula is C25H28N2O7. The second-order valence-electron chi connectivity index (χ2n) is 8.36. The van der Waals surface area contributed by atoms with Crippen molar-refractivity contribution >= 4 is 18.0 Å². The molecule has 1 heterocycles. The van der Waals surface area contributed by atoms with Crippen LogP contribution in [0.2, 0.25) is 0 Å². The molecule has 3 atom stereocenters. The summed E-state index contributed by atoms with van der Waals surface area (Å²) >= 11 is 0. The minimum atomic E-state index is -1.11. The summed E-state index contributed by atoms with van der Waals surface area (Å²) in [6.07, 6.45) is -1.85. The van der Waals surface area contributed by atoms with E-state index in [9.17, 15) is 14.4 Å². The molecule has 1 aliphatic carbocycles. The first-order chi connectivity index (χ1) is 16.5. The summed E-state index contributed by atoms with van der Waals surface area (Å²) in [4.78, 5) is 35.9. The molecule has 2 aromatic carbocycles. The van der Waals surface area contributed by atoms with Gasteiger partial charge in [0.1, 0.15) is 6.61 Å². The lowest BCUT2D eigenvalue weighted by atomic mass is 9.98. The van der Waals surface area contributed by atoms with Crippen LogP contribution in [0, 0.1) is 0 Å². The Bertz CT molecular complexity index is 1010. The number of carboxylic acids is 1. The van der Waals surface area contributed by atoms with Gasteiger partial charge in [-0.3, -0.25) is 4.79 Å². The number of alkyl carbamates (subject to hydrolysis) is 1. The van der Waals surface area contributed by atoms with Crippen LogP contribution in [-0.2, 0) is 23.8 Å². The van der Waals surface area contributed by atoms with E-state index >= 15 is 0 Å². The molecule has 9 nitrogen and oxygen atoms in total. The Kier molecular flexibility index (Phi) is 7.44. The second kappa shape index (κ2) is 10.7. The number of hydrogen-bond acceptors (Lipinski definition) is 6. The van der Waals surface area contributed by atoms with Gasteiger partial charge in [0.15, 0.2) is 6.10 Å². The molecule has 34 heavy (non-hydrogen) atoms. The van der Waals surface area contributed by atoms with E-state index in [1.54, 1.807) is 0 Å². The molecule has 180 valence electrons. The Hall–Kier alpha value is -3.43. The number of hydrogen-bond donors (Lipinski definition) is 3. The molecule has 2 aliphatic rings. The van der Waals surface area contributed by atoms with Crippen LogP contribution in [0.3, 0.4) is 0 Å². The van der Waals surface area contributed by atoms with E-state index < -0.39 is 30.3 Å². The van der Waals surface area contributed by atoms with Gasteiger partial charge in [-0.25, -0.2) is 9.59 Å². The van der Waals surface area contributed by atoms with Gasteiger partial charge in [0.25, 0.3) is 0 Å². The highest BCUT2D eigenvalue weighted by molar-refractivity contribution is 5.80. The fraction of sp³-hybridized carbons (Fsp3) is 0.400. The first-order valence-electron chi connectivity index (χ1n) is 11.2. The van der Waals surface area contributed by atoms with E-state index in [0.29, 0.717) is 6.42 Å². The Morgan fingerprint density at radius 2 is 1.74 bits per heavy atom. The van der Waals surface area contributed by atoms with Crippen LogP contribution in [-0.4, -0.2) is 68.2 Å². The standard InChI is InChI=1S/C25H28N2O7/c1-32-15(12-22(28)27-21-10-11-33-23(21)24(29)30)13-26-25(31)34-14-20-18-8-4-2-6-16(18)17-7-3-5-9-19(17)20/h2-9,15,20-21,23H,10-14H2,1H3,(H,26,31)(H,27,28)(H,29,30)/t15?,21-,23+/m1/s1. The summed E-state index contributed by atoms with van der Waals surface area (Å²) in [6, 6.07) is 15.6. The Labute approximate surface area is 197 Å². The average Bonchev–Trinajstić information content (AvgIpc) is 3.43. The number of methoxy groups -OCH3 is 1. The third-order valence-corrected chi connectivity index (χ3v) is 6.25. The molecule has 0 radical (unpaired) electrons. The molecule has 0 saturated carbocycles. The minimum Gasteiger partial charge on any atom is -0.479 e. The lowest BCUT2D eigenvalue weighted by Crippen LogP contribution is -2.46. The molecule has 1 unspecified atom stereocenters. The monoisotopic (exact) mass is 468 g/mol. The van der Waals surface area contributed by atoms with Crippen molar-refractivity contribution < 1.29 is 33.7 Å². The third kappa shape index (κ3) is 5.21. The third-order valence-electron chi connectivity index (χ3n) is 6.25. The topological polar surface area (TPSA) is 123 Å². The average molecular weight is 469 g/mol. The van der Waals surface area contributed by atoms with Gasteiger partial charge in [-0.2, -0.15) is 0 Å². The number of fused-ring (bicyclic) bond motifs is 3. The molecule has 2 amide bonds. The van der Waals surface area contributed by atoms with Crippen molar-refractivity contribution in [3.63, 3.8) is 0 Å². The summed E-state index contributed by atoms with van der Waals surface area (Å²) in [5, 5.41) is 14.5. The van der Waals surface area contributed by atoms with Crippen LogP contribution in [0.25, 0.3) is 11.1 Å². The van der Waals surface area contributed by atoms with Crippen molar-refractivity contribution in [1.82, 2.24) is 10.6 Å². The lowest BCUT2D eigenvalue weighted by Gasteiger charge is -2.20. The molecular weight excluding hydrogens is 440 g/mol. The first kappa shape index (κ1) is 23.7. The molecule has 1 fully saturated rings. The van der Waals surface area contributed by atoms with E-state index in [0.717, 1.165) is 22.3 Å². The van der Waals surface area contributed by atoms with E-state index in [-0.39, 0.29) is 38.0 Å². The maximum Gasteiger partial charge on any atom is 0.407 e. The van der Waals surface area contributed by atoms with Crippen molar-refractivity contribution in [3.8, 4) is 11.1 Å². The molecule has 0 spiro atoms. The van der Waals surface area contributed by atoms with Gasteiger partial charge in [-0.15, -0.1) is 0 Å². The van der Waals surface area contributed by atoms with Crippen molar-refractivity contribution in [2.75, 3.05) is 26.9 Å². The van der Waals surface area contributed by atoms with Crippen molar-refractivity contribution in [2.24, 2.45) is 0 Å². The summed E-state index contributed by atoms with van der Waals surface area (Å²) in [7, 11) is 1.44. The predicted molar refractivity (Wildman–Crippen MR) is 122 cm³/mol. The fourth-order valence-electron chi connectivity index (χ4n) is 4.54. The Morgan fingerprint density at radius 1 is 1.09 bits per heavy atom. The highest BCUT2D eigenvalue weighted by Crippen LogP contribution is 2.44. The van der Waals surface area contributed by atoms with Crippen LogP contribution in [0.15, 0.2) is 48.5 Å². The number of nitrogens with one attached hydrogen (secondary N) is 2. The Morgan fingerprint density at radius 3 is 2.35 bits per heavy atom. The molecule has 4 rings (SSSR count). The van der Waals surface area contributed by atoms with Gasteiger partial charge >= 0.3 is 12.1 Å². The number of carboxylic acid groups (broad SMARTS) is 1. The van der Waals surface area contributed by atoms with Crippen LogP contribution < -0.4 is 10.6 Å². The summed E-state index contributed by atoms with van der Waals surface area (Å²) in [5.74, 6) is -1.52. The number of benzene rings is 2. The maximum atomic E-state index is 12.4. The predicted octanol–water partition coefficient (Wildman–Crippen LogP) is 2.29. The quantitative estimate of drug-likeness (QED) is 0.516. The van der Waals surface area contributed by atoms with Gasteiger partial charge in [0.05, 0.1) is 18.6 Å². The maximum absolute atomic E-state index is 12.4. The highest BCUT2D eigenvalue weighted by Gasteiger charge is 2.35. The summed E-state index contributed by atoms with van der Waals surface area (Å²) < 4.78 is 15.9. The first-order valence-corrected chi connectivity index (χ1v) is 11.2. The molecule has 1 saturated heterocycles. The van der Waals surface area contributed by atoms with E-state index in [2.05, 4.69) is 22.8 Å². The van der Waals surface area contributed by atoms with Crippen LogP contribution >= 0.6 is 0 Å². The van der Waals surface area contributed by atoms with Gasteiger partial charge in [0.2, 0.25) is 5.91 Å². The van der Waals surface area contributed by atoms with Crippen molar-refractivity contribution in [3.05, 3.63) is 59.7 Å². The number of carbonyl (C=O) groups is 3. The number of rotatable bonds is 9. The van der Waals surface area contributed by atoms with Gasteiger partial charge in [-0.05, 0) is 28.7 Å². The SMILES string of the molecule is COC(CNC(=O)OCC1c2ccccc2-c2ccccc21)CC(=O)N[C@@H]1CCO[C@@H]1C(=O)O. The second-order valence-corrected chi connectivity index (χ2v) is 8.36. The number of aliphatic carboxylic acids is 1. The molecule has 1 aliphatic heterocycles. The Balaban J connectivity index is 1.26. The van der Waals surface area contributed by atoms with E-state index in [4.69, 9.17) is 19.3 Å². The van der Waals surface area contributed by atoms with Crippen molar-refractivity contribution in [1.29, 1.82) is 0 Å². The molecule has 3 N–H and O–H groups in total. The van der Waals surface area contributed by atoms with Gasteiger partial charge < -0.3 is 30.0 Å². The van der Waals surface area contributed by atoms with Gasteiger partial charge in [0, 0.05) is 26.2 Å². The van der Waals surface area contributed by atoms with Gasteiger partial charge in [-0.1, -0.05) is 48.5 Å². The lowest BCUT2D eigenvalue weighted by molar-refractivity contribution is -0.148. The smallest absolute Gasteiger partial charge is 0.407 e. The zero-order valence-electron chi connectivity index (χ0n) is 18.9. The van der Waals surface area contributed by atoms with Crippen LogP contribution in [0.4, 0.5) is 4.79 Å². The molecule has 0 aromatic heterocycles. The van der Waals surface area contributed by atoms with Crippen LogP contribution in [0.1, 0.15) is 29.9 Å². The normalized spacial score (nSPS) is 19.7. The zero-order chi connectivity index (χ0) is 24.1. The number of ether oxygens (including phenoxy) is 3. The van der Waals surface area contributed by atoms with Crippen molar-refractivity contribution in [2.45, 2.75) is 37.0 Å². The largest absolute Gasteiger partial charge is 0.479 e. The zero-order valence-corrected chi connectivity index (χ0v) is 18.9. The molecule has 2 aromatic rings. The minimum absolute atomic E-state index is 0.0387. The highest BCUT2D eigenvalue weighted by atomic mass is 16.5. The summed E-state index contributed by atoms with van der Waals surface area (Å²) in [5.41, 5.74) is 4.54. The van der Waals surface area contributed by atoms with E-state index in [1.165, 1.54) is 7.11 Å². The molecule has 9 heteroatoms. The number of carbonyl (C=O) groups excluding carboxylic acids is 2. The fourth-order valence-corrected chi connectivity index (χ4v) is 4.54. The molecule has 0 bridgehead atoms. The van der Waals surface area contributed by atoms with E-state index in [1.807, 2.05) is 36.4 Å². The summed E-state index contributed by atoms with van der Waals surface area (Å²) in [6.45, 7) is 0.541. The number of amides is 2. The van der Waals surface area contributed by atoms with Crippen LogP contribution in [0.5, 0.6) is 0 Å².